The molecule has 1 aromatic carbocycles. The van der Waals surface area contributed by atoms with Gasteiger partial charge in [0.05, 0.1) is 0 Å². The molecule has 2 rings (SSSR count). The van der Waals surface area contributed by atoms with Crippen LogP contribution in [-0.4, -0.2) is 11.0 Å². The molecular formula is C16H22N2OS. The fourth-order valence-corrected chi connectivity index (χ4v) is 2.79. The zero-order valence-corrected chi connectivity index (χ0v) is 13.2. The molecule has 0 saturated heterocycles. The van der Waals surface area contributed by atoms with Gasteiger partial charge in [0.25, 0.3) is 0 Å². The number of aromatic nitrogens is 1. The molecule has 3 nitrogen and oxygen atoms in total. The highest BCUT2D eigenvalue weighted by molar-refractivity contribution is 7.09. The van der Waals surface area contributed by atoms with Crippen LogP contribution in [0.5, 0.6) is 5.75 Å². The highest BCUT2D eigenvalue weighted by atomic mass is 32.1. The predicted octanol–water partition coefficient (Wildman–Crippen LogP) is 3.62. The first-order valence-electron chi connectivity index (χ1n) is 6.98. The Morgan fingerprint density at radius 3 is 2.80 bits per heavy atom. The molecule has 0 amide bonds. The van der Waals surface area contributed by atoms with Gasteiger partial charge in [-0.05, 0) is 37.8 Å². The van der Waals surface area contributed by atoms with Crippen molar-refractivity contribution in [2.75, 3.05) is 0 Å². The second kappa shape index (κ2) is 6.86. The first kappa shape index (κ1) is 15.0. The highest BCUT2D eigenvalue weighted by Crippen LogP contribution is 2.26. The van der Waals surface area contributed by atoms with Crippen molar-refractivity contribution in [1.82, 2.24) is 4.98 Å². The maximum absolute atomic E-state index is 6.07. The van der Waals surface area contributed by atoms with Crippen molar-refractivity contribution in [2.24, 2.45) is 5.73 Å². The fourth-order valence-electron chi connectivity index (χ4n) is 2.11. The molecule has 0 fully saturated rings. The van der Waals surface area contributed by atoms with E-state index in [2.05, 4.69) is 37.0 Å². The number of para-hydroxylation sites is 1. The molecule has 0 spiro atoms. The van der Waals surface area contributed by atoms with Gasteiger partial charge in [0.15, 0.2) is 0 Å². The van der Waals surface area contributed by atoms with Crippen LogP contribution >= 0.6 is 11.3 Å². The molecule has 2 N–H and O–H groups in total. The van der Waals surface area contributed by atoms with Gasteiger partial charge in [-0.15, -0.1) is 11.3 Å². The Hall–Kier alpha value is -1.39. The molecule has 20 heavy (non-hydrogen) atoms. The highest BCUT2D eigenvalue weighted by Gasteiger charge is 2.11. The van der Waals surface area contributed by atoms with Crippen LogP contribution < -0.4 is 10.5 Å². The van der Waals surface area contributed by atoms with Gasteiger partial charge < -0.3 is 10.5 Å². The van der Waals surface area contributed by atoms with Gasteiger partial charge in [-0.25, -0.2) is 4.98 Å². The Morgan fingerprint density at radius 1 is 1.35 bits per heavy atom. The molecule has 0 radical (unpaired) electrons. The minimum absolute atomic E-state index is 0.182. The zero-order valence-electron chi connectivity index (χ0n) is 12.3. The summed E-state index contributed by atoms with van der Waals surface area (Å²) in [4.78, 5) is 4.43. The van der Waals surface area contributed by atoms with E-state index >= 15 is 0 Å². The van der Waals surface area contributed by atoms with Gasteiger partial charge in [0, 0.05) is 17.1 Å². The molecule has 0 aliphatic heterocycles. The SMILES string of the molecule is CCC(N)Cc1cccc(C)c1OCc1nc(C)cs1. The maximum atomic E-state index is 6.07. The number of hydrogen-bond donors (Lipinski definition) is 1. The lowest BCUT2D eigenvalue weighted by Crippen LogP contribution is -2.21. The van der Waals surface area contributed by atoms with Crippen molar-refractivity contribution in [3.05, 3.63) is 45.4 Å². The van der Waals surface area contributed by atoms with E-state index in [1.54, 1.807) is 11.3 Å². The van der Waals surface area contributed by atoms with E-state index in [4.69, 9.17) is 10.5 Å². The van der Waals surface area contributed by atoms with E-state index in [9.17, 15) is 0 Å². The van der Waals surface area contributed by atoms with Crippen molar-refractivity contribution < 1.29 is 4.74 Å². The van der Waals surface area contributed by atoms with E-state index in [-0.39, 0.29) is 6.04 Å². The van der Waals surface area contributed by atoms with Gasteiger partial charge in [-0.3, -0.25) is 0 Å². The third kappa shape index (κ3) is 3.81. The number of hydrogen-bond acceptors (Lipinski definition) is 4. The minimum atomic E-state index is 0.182. The zero-order chi connectivity index (χ0) is 14.5. The summed E-state index contributed by atoms with van der Waals surface area (Å²) in [6.45, 7) is 6.71. The van der Waals surface area contributed by atoms with E-state index in [0.717, 1.165) is 34.9 Å². The smallest absolute Gasteiger partial charge is 0.140 e. The summed E-state index contributed by atoms with van der Waals surface area (Å²) in [7, 11) is 0. The van der Waals surface area contributed by atoms with Crippen LogP contribution in [0.2, 0.25) is 0 Å². The quantitative estimate of drug-likeness (QED) is 0.884. The van der Waals surface area contributed by atoms with Crippen molar-refractivity contribution in [2.45, 2.75) is 46.3 Å². The van der Waals surface area contributed by atoms with Crippen molar-refractivity contribution >= 4 is 11.3 Å². The van der Waals surface area contributed by atoms with Crippen LogP contribution in [0.1, 0.15) is 35.2 Å². The van der Waals surface area contributed by atoms with Gasteiger partial charge in [0.2, 0.25) is 0 Å². The second-order valence-electron chi connectivity index (χ2n) is 5.11. The van der Waals surface area contributed by atoms with Crippen LogP contribution in [-0.2, 0) is 13.0 Å². The topological polar surface area (TPSA) is 48.1 Å². The molecule has 4 heteroatoms. The number of ether oxygens (including phenoxy) is 1. The lowest BCUT2D eigenvalue weighted by molar-refractivity contribution is 0.299. The molecule has 1 atom stereocenters. The summed E-state index contributed by atoms with van der Waals surface area (Å²) < 4.78 is 6.01. The number of nitrogens with two attached hydrogens (primary N) is 1. The summed E-state index contributed by atoms with van der Waals surface area (Å²) in [6.07, 6.45) is 1.82. The summed E-state index contributed by atoms with van der Waals surface area (Å²) in [6, 6.07) is 6.42. The van der Waals surface area contributed by atoms with Crippen molar-refractivity contribution in [3.8, 4) is 5.75 Å². The van der Waals surface area contributed by atoms with Crippen LogP contribution in [0.4, 0.5) is 0 Å². The first-order valence-corrected chi connectivity index (χ1v) is 7.86. The van der Waals surface area contributed by atoms with E-state index in [0.29, 0.717) is 6.61 Å². The van der Waals surface area contributed by atoms with E-state index in [1.807, 2.05) is 12.3 Å². The number of rotatable bonds is 6. The van der Waals surface area contributed by atoms with Crippen LogP contribution in [0.15, 0.2) is 23.6 Å². The van der Waals surface area contributed by atoms with E-state index in [1.165, 1.54) is 5.56 Å². The standard InChI is InChI=1S/C16H22N2OS/c1-4-14(17)8-13-7-5-6-11(2)16(13)19-9-15-18-12(3)10-20-15/h5-7,10,14H,4,8-9,17H2,1-3H3. The van der Waals surface area contributed by atoms with Crippen molar-refractivity contribution in [1.29, 1.82) is 0 Å². The molecule has 0 aliphatic carbocycles. The number of benzene rings is 1. The fraction of sp³-hybridized carbons (Fsp3) is 0.438. The molecule has 1 unspecified atom stereocenters. The lowest BCUT2D eigenvalue weighted by Gasteiger charge is -2.16. The average molecular weight is 290 g/mol. The summed E-state index contributed by atoms with van der Waals surface area (Å²) in [5, 5.41) is 3.06. The first-order chi connectivity index (χ1) is 9.60. The number of aryl methyl sites for hydroxylation is 2. The molecule has 1 aromatic heterocycles. The Labute approximate surface area is 124 Å². The van der Waals surface area contributed by atoms with Crippen LogP contribution in [0.3, 0.4) is 0 Å². The van der Waals surface area contributed by atoms with Crippen LogP contribution in [0, 0.1) is 13.8 Å². The molecule has 108 valence electrons. The largest absolute Gasteiger partial charge is 0.486 e. The summed E-state index contributed by atoms with van der Waals surface area (Å²) >= 11 is 1.64. The Kier molecular flexibility index (Phi) is 5.15. The second-order valence-corrected chi connectivity index (χ2v) is 6.05. The number of thiazole rings is 1. The monoisotopic (exact) mass is 290 g/mol. The number of nitrogens with zero attached hydrogens (tertiary/aromatic N) is 1. The Balaban J connectivity index is 2.12. The third-order valence-corrected chi connectivity index (χ3v) is 4.25. The summed E-state index contributed by atoms with van der Waals surface area (Å²) in [5.74, 6) is 0.962. The van der Waals surface area contributed by atoms with Gasteiger partial charge in [-0.2, -0.15) is 0 Å². The third-order valence-electron chi connectivity index (χ3n) is 3.31. The van der Waals surface area contributed by atoms with E-state index < -0.39 is 0 Å². The molecule has 1 heterocycles. The van der Waals surface area contributed by atoms with Crippen molar-refractivity contribution in [3.63, 3.8) is 0 Å². The maximum Gasteiger partial charge on any atom is 0.140 e. The van der Waals surface area contributed by atoms with Crippen LogP contribution in [0.25, 0.3) is 0 Å². The molecule has 0 saturated carbocycles. The summed E-state index contributed by atoms with van der Waals surface area (Å²) in [5.41, 5.74) is 9.46. The normalized spacial score (nSPS) is 12.4. The predicted molar refractivity (Wildman–Crippen MR) is 84.3 cm³/mol. The molecular weight excluding hydrogens is 268 g/mol. The molecule has 0 aliphatic rings. The molecule has 0 bridgehead atoms. The average Bonchev–Trinajstić information content (AvgIpc) is 2.83. The van der Waals surface area contributed by atoms with Gasteiger partial charge in [-0.1, -0.05) is 25.1 Å². The lowest BCUT2D eigenvalue weighted by atomic mass is 10.0. The minimum Gasteiger partial charge on any atom is -0.486 e. The van der Waals surface area contributed by atoms with Gasteiger partial charge in [0.1, 0.15) is 17.4 Å². The Morgan fingerprint density at radius 2 is 2.15 bits per heavy atom. The Bertz CT molecular complexity index is 565. The van der Waals surface area contributed by atoms with Gasteiger partial charge >= 0.3 is 0 Å². The molecule has 2 aromatic rings.